The predicted octanol–water partition coefficient (Wildman–Crippen LogP) is 3.37. The molecule has 5 rings (SSSR count). The Morgan fingerprint density at radius 2 is 1.89 bits per heavy atom. The highest BCUT2D eigenvalue weighted by atomic mass is 19.1. The minimum absolute atomic E-state index is 0.0557. The molecule has 2 N–H and O–H groups in total. The van der Waals surface area contributed by atoms with Gasteiger partial charge in [-0.05, 0) is 61.6 Å². The zero-order valence-electron chi connectivity index (χ0n) is 20.4. The Morgan fingerprint density at radius 3 is 2.56 bits per heavy atom. The van der Waals surface area contributed by atoms with E-state index in [-0.39, 0.29) is 17.8 Å². The lowest BCUT2D eigenvalue weighted by molar-refractivity contribution is -0.129. The number of carbonyl (C=O) groups excluding carboxylic acids is 2. The van der Waals surface area contributed by atoms with Crippen molar-refractivity contribution < 1.29 is 14.0 Å². The number of halogens is 1. The molecule has 0 bridgehead atoms. The van der Waals surface area contributed by atoms with Crippen LogP contribution < -0.4 is 5.73 Å². The number of pyridine rings is 1. The standard InChI is InChI=1S/C27H29FN6O2/c1-3-33-17-20(16-22(33)24(35)34-13-5-4-6-14-34)27(25(36)32(2)26(29)31-27)19-10-7-9-18(15-19)21-11-8-12-30-23(21)28/h7-12,15-17H,3-6,13-14H2,1-2H3,(H2,29,31). The second kappa shape index (κ2) is 9.22. The van der Waals surface area contributed by atoms with Crippen LogP contribution in [-0.4, -0.2) is 57.3 Å². The average molecular weight is 489 g/mol. The van der Waals surface area contributed by atoms with Gasteiger partial charge >= 0.3 is 0 Å². The van der Waals surface area contributed by atoms with Gasteiger partial charge in [-0.25, -0.2) is 9.98 Å². The lowest BCUT2D eigenvalue weighted by Crippen LogP contribution is -2.41. The van der Waals surface area contributed by atoms with Crippen molar-refractivity contribution in [2.24, 2.45) is 10.7 Å². The van der Waals surface area contributed by atoms with Crippen molar-refractivity contribution in [2.45, 2.75) is 38.3 Å². The Balaban J connectivity index is 1.66. The van der Waals surface area contributed by atoms with Crippen molar-refractivity contribution >= 4 is 17.8 Å². The number of hydrogen-bond donors (Lipinski definition) is 1. The Kier molecular flexibility index (Phi) is 6.07. The first-order valence-corrected chi connectivity index (χ1v) is 12.2. The molecule has 2 aliphatic heterocycles. The van der Waals surface area contributed by atoms with Crippen LogP contribution >= 0.6 is 0 Å². The summed E-state index contributed by atoms with van der Waals surface area (Å²) in [7, 11) is 1.57. The minimum atomic E-state index is -1.50. The van der Waals surface area contributed by atoms with E-state index < -0.39 is 11.5 Å². The van der Waals surface area contributed by atoms with Crippen LogP contribution in [-0.2, 0) is 16.9 Å². The van der Waals surface area contributed by atoms with Crippen LogP contribution in [0.4, 0.5) is 4.39 Å². The number of piperidine rings is 1. The molecule has 1 aromatic carbocycles. The number of likely N-dealkylation sites (N-methyl/N-ethyl adjacent to an activating group) is 1. The Bertz CT molecular complexity index is 1360. The SMILES string of the molecule is CCn1cc(C2(c3cccc(-c4cccnc4F)c3)N=C(N)N(C)C2=O)cc1C(=O)N1CCCCC1. The molecule has 1 unspecified atom stereocenters. The highest BCUT2D eigenvalue weighted by molar-refractivity contribution is 6.09. The number of carbonyl (C=O) groups is 2. The number of benzene rings is 1. The predicted molar refractivity (Wildman–Crippen MR) is 135 cm³/mol. The molecule has 186 valence electrons. The number of amides is 2. The maximum atomic E-state index is 14.5. The number of nitrogens with two attached hydrogens (primary N) is 1. The van der Waals surface area contributed by atoms with Crippen molar-refractivity contribution in [1.29, 1.82) is 0 Å². The number of likely N-dealkylation sites (tertiary alicyclic amines) is 1. The van der Waals surface area contributed by atoms with Crippen molar-refractivity contribution in [2.75, 3.05) is 20.1 Å². The van der Waals surface area contributed by atoms with Crippen LogP contribution in [0.25, 0.3) is 11.1 Å². The van der Waals surface area contributed by atoms with Crippen molar-refractivity contribution in [3.63, 3.8) is 0 Å². The van der Waals surface area contributed by atoms with E-state index in [1.165, 1.54) is 11.1 Å². The fraction of sp³-hybridized carbons (Fsp3) is 0.333. The topological polar surface area (TPSA) is 96.8 Å². The van der Waals surface area contributed by atoms with Crippen LogP contribution in [0, 0.1) is 5.95 Å². The second-order valence-corrected chi connectivity index (χ2v) is 9.22. The largest absolute Gasteiger partial charge is 0.369 e. The maximum absolute atomic E-state index is 14.5. The summed E-state index contributed by atoms with van der Waals surface area (Å²) in [6.07, 6.45) is 6.28. The normalized spacial score (nSPS) is 20.1. The van der Waals surface area contributed by atoms with Crippen molar-refractivity contribution in [3.8, 4) is 11.1 Å². The van der Waals surface area contributed by atoms with Crippen LogP contribution in [0.3, 0.4) is 0 Å². The summed E-state index contributed by atoms with van der Waals surface area (Å²) >= 11 is 0. The number of aromatic nitrogens is 2. The molecule has 2 aromatic heterocycles. The number of rotatable bonds is 5. The molecule has 0 spiro atoms. The highest BCUT2D eigenvalue weighted by Crippen LogP contribution is 2.41. The molecule has 9 heteroatoms. The fourth-order valence-corrected chi connectivity index (χ4v) is 5.11. The zero-order valence-corrected chi connectivity index (χ0v) is 20.4. The second-order valence-electron chi connectivity index (χ2n) is 9.22. The number of guanidine groups is 1. The summed E-state index contributed by atoms with van der Waals surface area (Å²) in [5.41, 5.74) is 7.13. The third-order valence-electron chi connectivity index (χ3n) is 7.11. The molecule has 0 aliphatic carbocycles. The molecule has 1 fully saturated rings. The summed E-state index contributed by atoms with van der Waals surface area (Å²) in [4.78, 5) is 38.8. The van der Waals surface area contributed by atoms with E-state index in [1.807, 2.05) is 22.6 Å². The summed E-state index contributed by atoms with van der Waals surface area (Å²) in [6.45, 7) is 3.95. The zero-order chi connectivity index (χ0) is 25.4. The van der Waals surface area contributed by atoms with E-state index >= 15 is 0 Å². The van der Waals surface area contributed by atoms with E-state index in [1.54, 1.807) is 49.5 Å². The van der Waals surface area contributed by atoms with E-state index in [2.05, 4.69) is 9.98 Å². The Labute approximate surface area is 209 Å². The average Bonchev–Trinajstić information content (AvgIpc) is 3.45. The van der Waals surface area contributed by atoms with E-state index in [9.17, 15) is 14.0 Å². The fourth-order valence-electron chi connectivity index (χ4n) is 5.11. The van der Waals surface area contributed by atoms with Crippen LogP contribution in [0.15, 0.2) is 59.9 Å². The number of nitrogens with zero attached hydrogens (tertiary/aromatic N) is 5. The summed E-state index contributed by atoms with van der Waals surface area (Å²) in [6, 6.07) is 12.1. The molecule has 2 aliphatic rings. The van der Waals surface area contributed by atoms with Gasteiger partial charge in [-0.1, -0.05) is 18.2 Å². The molecule has 2 amide bonds. The molecule has 0 radical (unpaired) electrons. The van der Waals surface area contributed by atoms with Gasteiger partial charge in [0.1, 0.15) is 5.69 Å². The van der Waals surface area contributed by atoms with Gasteiger partial charge in [0.15, 0.2) is 11.5 Å². The molecule has 8 nitrogen and oxygen atoms in total. The summed E-state index contributed by atoms with van der Waals surface area (Å²) < 4.78 is 16.3. The molecule has 0 saturated carbocycles. The molecule has 1 saturated heterocycles. The number of aryl methyl sites for hydroxylation is 1. The number of hydrogen-bond acceptors (Lipinski definition) is 5. The summed E-state index contributed by atoms with van der Waals surface area (Å²) in [5, 5.41) is 0. The first-order valence-electron chi connectivity index (χ1n) is 12.2. The van der Waals surface area contributed by atoms with Gasteiger partial charge in [0.05, 0.1) is 0 Å². The van der Waals surface area contributed by atoms with Gasteiger partial charge in [-0.15, -0.1) is 0 Å². The first-order chi connectivity index (χ1) is 17.4. The monoisotopic (exact) mass is 488 g/mol. The first kappa shape index (κ1) is 23.7. The number of aliphatic imine (C=N–C) groups is 1. The lowest BCUT2D eigenvalue weighted by Gasteiger charge is -2.27. The van der Waals surface area contributed by atoms with Crippen LogP contribution in [0.2, 0.25) is 0 Å². The summed E-state index contributed by atoms with van der Waals surface area (Å²) in [5.74, 6) is -0.923. The van der Waals surface area contributed by atoms with Crippen molar-refractivity contribution in [1.82, 2.24) is 19.4 Å². The van der Waals surface area contributed by atoms with E-state index in [0.717, 1.165) is 32.4 Å². The van der Waals surface area contributed by atoms with Crippen molar-refractivity contribution in [3.05, 3.63) is 77.6 Å². The van der Waals surface area contributed by atoms with Gasteiger partial charge in [0.2, 0.25) is 5.95 Å². The van der Waals surface area contributed by atoms with Gasteiger partial charge in [0, 0.05) is 50.2 Å². The molecular formula is C27H29FN6O2. The minimum Gasteiger partial charge on any atom is -0.369 e. The lowest BCUT2D eigenvalue weighted by atomic mass is 9.83. The molecular weight excluding hydrogens is 459 g/mol. The highest BCUT2D eigenvalue weighted by Gasteiger charge is 2.50. The van der Waals surface area contributed by atoms with Crippen LogP contribution in [0.5, 0.6) is 0 Å². The maximum Gasteiger partial charge on any atom is 0.270 e. The van der Waals surface area contributed by atoms with Crippen LogP contribution in [0.1, 0.15) is 47.8 Å². The van der Waals surface area contributed by atoms with E-state index in [4.69, 9.17) is 5.73 Å². The molecule has 36 heavy (non-hydrogen) atoms. The Morgan fingerprint density at radius 1 is 1.11 bits per heavy atom. The quantitative estimate of drug-likeness (QED) is 0.557. The van der Waals surface area contributed by atoms with Gasteiger partial charge in [-0.3, -0.25) is 14.5 Å². The molecule has 3 aromatic rings. The molecule has 4 heterocycles. The van der Waals surface area contributed by atoms with E-state index in [0.29, 0.717) is 34.5 Å². The smallest absolute Gasteiger partial charge is 0.270 e. The Hall–Kier alpha value is -4.01. The third-order valence-corrected chi connectivity index (χ3v) is 7.11. The van der Waals surface area contributed by atoms with Gasteiger partial charge in [-0.2, -0.15) is 4.39 Å². The van der Waals surface area contributed by atoms with Gasteiger partial charge < -0.3 is 15.2 Å². The van der Waals surface area contributed by atoms with Gasteiger partial charge in [0.25, 0.3) is 11.8 Å². The molecule has 1 atom stereocenters. The third kappa shape index (κ3) is 3.75.